The Hall–Kier alpha value is -0.910. The van der Waals surface area contributed by atoms with Crippen LogP contribution in [0.25, 0.3) is 0 Å². The van der Waals surface area contributed by atoms with Gasteiger partial charge >= 0.3 is 0 Å². The van der Waals surface area contributed by atoms with Crippen LogP contribution >= 0.6 is 0 Å². The normalized spacial score (nSPS) is 20.4. The van der Waals surface area contributed by atoms with E-state index in [1.165, 1.54) is 32.1 Å². The Morgan fingerprint density at radius 2 is 1.68 bits per heavy atom. The van der Waals surface area contributed by atoms with E-state index < -0.39 is 10.0 Å². The van der Waals surface area contributed by atoms with Crippen molar-refractivity contribution in [3.05, 3.63) is 29.8 Å². The molecule has 1 heterocycles. The van der Waals surface area contributed by atoms with E-state index in [1.807, 2.05) is 23.4 Å². The molecule has 0 atom stereocenters. The summed E-state index contributed by atoms with van der Waals surface area (Å²) in [6.07, 6.45) is 9.35. The summed E-state index contributed by atoms with van der Waals surface area (Å²) < 4.78 is 28.4. The number of rotatable bonds is 7. The van der Waals surface area contributed by atoms with E-state index in [0.29, 0.717) is 11.4 Å². The molecule has 1 saturated heterocycles. The molecule has 1 N–H and O–H groups in total. The summed E-state index contributed by atoms with van der Waals surface area (Å²) in [6, 6.07) is 7.44. The maximum Gasteiger partial charge on any atom is 0.243 e. The zero-order valence-electron chi connectivity index (χ0n) is 15.4. The van der Waals surface area contributed by atoms with Crippen molar-refractivity contribution in [1.29, 1.82) is 0 Å². The second-order valence-corrected chi connectivity index (χ2v) is 9.59. The second-order valence-electron chi connectivity index (χ2n) is 7.70. The third-order valence-corrected chi connectivity index (χ3v) is 7.78. The maximum absolute atomic E-state index is 13.3. The number of hydrogen-bond donors (Lipinski definition) is 1. The Balaban J connectivity index is 1.72. The highest BCUT2D eigenvalue weighted by molar-refractivity contribution is 7.89. The van der Waals surface area contributed by atoms with Gasteiger partial charge in [0.25, 0.3) is 0 Å². The van der Waals surface area contributed by atoms with E-state index >= 15 is 0 Å². The van der Waals surface area contributed by atoms with Gasteiger partial charge in [-0.05, 0) is 63.7 Å². The SMILES string of the molecule is Cc1ccc(S(=O)(=O)N(CCCC2CCCC2)C2CCNCC2)cc1. The lowest BCUT2D eigenvalue weighted by Gasteiger charge is -2.34. The summed E-state index contributed by atoms with van der Waals surface area (Å²) >= 11 is 0. The molecule has 0 radical (unpaired) electrons. The molecule has 1 aromatic rings. The summed E-state index contributed by atoms with van der Waals surface area (Å²) in [5.41, 5.74) is 1.09. The fraction of sp³-hybridized carbons (Fsp3) is 0.700. The van der Waals surface area contributed by atoms with Crippen molar-refractivity contribution in [2.45, 2.75) is 69.2 Å². The first-order valence-corrected chi connectivity index (χ1v) is 11.3. The zero-order chi connectivity index (χ0) is 17.7. The number of benzene rings is 1. The van der Waals surface area contributed by atoms with Crippen LogP contribution in [0.4, 0.5) is 0 Å². The summed E-state index contributed by atoms with van der Waals surface area (Å²) in [4.78, 5) is 0.442. The molecule has 1 aliphatic carbocycles. The average molecular weight is 365 g/mol. The first kappa shape index (κ1) is 18.9. The van der Waals surface area contributed by atoms with Crippen LogP contribution < -0.4 is 5.32 Å². The van der Waals surface area contributed by atoms with Crippen molar-refractivity contribution in [3.8, 4) is 0 Å². The van der Waals surface area contributed by atoms with E-state index in [1.54, 1.807) is 12.1 Å². The molecule has 1 saturated carbocycles. The molecule has 0 bridgehead atoms. The monoisotopic (exact) mass is 364 g/mol. The molecule has 5 heteroatoms. The molecule has 140 valence electrons. The molecule has 0 aromatic heterocycles. The van der Waals surface area contributed by atoms with Gasteiger partial charge in [-0.1, -0.05) is 43.4 Å². The van der Waals surface area contributed by atoms with Gasteiger partial charge in [-0.25, -0.2) is 8.42 Å². The van der Waals surface area contributed by atoms with Crippen LogP contribution in [0, 0.1) is 12.8 Å². The standard InChI is InChI=1S/C20H32N2O2S/c1-17-8-10-20(11-9-17)25(23,24)22(19-12-14-21-15-13-19)16-4-7-18-5-2-3-6-18/h8-11,18-19,21H,2-7,12-16H2,1H3. The first-order valence-electron chi connectivity index (χ1n) is 9.86. The van der Waals surface area contributed by atoms with Gasteiger partial charge in [0.2, 0.25) is 10.0 Å². The Labute approximate surface area is 153 Å². The molecule has 1 aliphatic heterocycles. The predicted molar refractivity (Wildman–Crippen MR) is 102 cm³/mol. The molecular weight excluding hydrogens is 332 g/mol. The highest BCUT2D eigenvalue weighted by Crippen LogP contribution is 2.30. The Kier molecular flexibility index (Phi) is 6.53. The minimum absolute atomic E-state index is 0.135. The molecule has 2 aliphatic rings. The maximum atomic E-state index is 13.3. The van der Waals surface area contributed by atoms with Gasteiger partial charge in [-0.2, -0.15) is 4.31 Å². The largest absolute Gasteiger partial charge is 0.317 e. The van der Waals surface area contributed by atoms with E-state index in [0.717, 1.165) is 43.8 Å². The molecular formula is C20H32N2O2S. The van der Waals surface area contributed by atoms with E-state index in [-0.39, 0.29) is 6.04 Å². The topological polar surface area (TPSA) is 49.4 Å². The predicted octanol–water partition coefficient (Wildman–Crippen LogP) is 3.71. The van der Waals surface area contributed by atoms with Gasteiger partial charge in [0.15, 0.2) is 0 Å². The van der Waals surface area contributed by atoms with Gasteiger partial charge in [-0.15, -0.1) is 0 Å². The summed E-state index contributed by atoms with van der Waals surface area (Å²) in [6.45, 7) is 4.47. The number of hydrogen-bond acceptors (Lipinski definition) is 3. The smallest absolute Gasteiger partial charge is 0.243 e. The van der Waals surface area contributed by atoms with E-state index in [4.69, 9.17) is 0 Å². The zero-order valence-corrected chi connectivity index (χ0v) is 16.2. The summed E-state index contributed by atoms with van der Waals surface area (Å²) in [5.74, 6) is 0.817. The minimum Gasteiger partial charge on any atom is -0.317 e. The fourth-order valence-electron chi connectivity index (χ4n) is 4.27. The van der Waals surface area contributed by atoms with Crippen LogP contribution in [-0.2, 0) is 10.0 Å². The highest BCUT2D eigenvalue weighted by atomic mass is 32.2. The highest BCUT2D eigenvalue weighted by Gasteiger charge is 2.32. The van der Waals surface area contributed by atoms with Crippen molar-refractivity contribution in [3.63, 3.8) is 0 Å². The molecule has 0 amide bonds. The third kappa shape index (κ3) is 4.83. The Morgan fingerprint density at radius 1 is 1.04 bits per heavy atom. The molecule has 4 nitrogen and oxygen atoms in total. The Morgan fingerprint density at radius 3 is 2.32 bits per heavy atom. The fourth-order valence-corrected chi connectivity index (χ4v) is 6.00. The molecule has 0 spiro atoms. The number of nitrogens with zero attached hydrogens (tertiary/aromatic N) is 1. The van der Waals surface area contributed by atoms with E-state index in [2.05, 4.69) is 5.32 Å². The van der Waals surface area contributed by atoms with Gasteiger partial charge in [0, 0.05) is 12.6 Å². The average Bonchev–Trinajstić information content (AvgIpc) is 3.13. The first-order chi connectivity index (χ1) is 12.1. The van der Waals surface area contributed by atoms with Crippen molar-refractivity contribution in [1.82, 2.24) is 9.62 Å². The number of aryl methyl sites for hydroxylation is 1. The number of piperidine rings is 1. The van der Waals surface area contributed by atoms with Crippen molar-refractivity contribution >= 4 is 10.0 Å². The van der Waals surface area contributed by atoms with Crippen LogP contribution in [0.15, 0.2) is 29.2 Å². The van der Waals surface area contributed by atoms with Gasteiger partial charge in [0.1, 0.15) is 0 Å². The van der Waals surface area contributed by atoms with Crippen LogP contribution in [0.2, 0.25) is 0 Å². The molecule has 25 heavy (non-hydrogen) atoms. The molecule has 1 aromatic carbocycles. The minimum atomic E-state index is -3.41. The molecule has 3 rings (SSSR count). The lowest BCUT2D eigenvalue weighted by molar-refractivity contribution is 0.254. The quantitative estimate of drug-likeness (QED) is 0.802. The van der Waals surface area contributed by atoms with Crippen molar-refractivity contribution < 1.29 is 8.42 Å². The van der Waals surface area contributed by atoms with Gasteiger partial charge in [0.05, 0.1) is 4.90 Å². The number of nitrogens with one attached hydrogen (secondary N) is 1. The van der Waals surface area contributed by atoms with Crippen LogP contribution in [0.1, 0.15) is 56.9 Å². The van der Waals surface area contributed by atoms with E-state index in [9.17, 15) is 8.42 Å². The van der Waals surface area contributed by atoms with Gasteiger partial charge < -0.3 is 5.32 Å². The summed E-state index contributed by atoms with van der Waals surface area (Å²) in [5, 5.41) is 3.35. The lowest BCUT2D eigenvalue weighted by atomic mass is 10.0. The van der Waals surface area contributed by atoms with Crippen molar-refractivity contribution in [2.75, 3.05) is 19.6 Å². The van der Waals surface area contributed by atoms with Crippen LogP contribution in [0.3, 0.4) is 0 Å². The summed E-state index contributed by atoms with van der Waals surface area (Å²) in [7, 11) is -3.41. The lowest BCUT2D eigenvalue weighted by Crippen LogP contribution is -2.46. The Bertz CT molecular complexity index is 630. The van der Waals surface area contributed by atoms with Crippen molar-refractivity contribution in [2.24, 2.45) is 5.92 Å². The van der Waals surface area contributed by atoms with Crippen LogP contribution in [0.5, 0.6) is 0 Å². The van der Waals surface area contributed by atoms with Gasteiger partial charge in [-0.3, -0.25) is 0 Å². The third-order valence-electron chi connectivity index (χ3n) is 5.81. The number of sulfonamides is 1. The van der Waals surface area contributed by atoms with Crippen LogP contribution in [-0.4, -0.2) is 38.4 Å². The molecule has 0 unspecified atom stereocenters. The molecule has 2 fully saturated rings. The second kappa shape index (κ2) is 8.65.